The summed E-state index contributed by atoms with van der Waals surface area (Å²) >= 11 is 0. The summed E-state index contributed by atoms with van der Waals surface area (Å²) in [5, 5.41) is 13.5. The van der Waals surface area contributed by atoms with E-state index in [1.807, 2.05) is 19.1 Å². The van der Waals surface area contributed by atoms with E-state index >= 15 is 0 Å². The zero-order valence-corrected chi connectivity index (χ0v) is 45.1. The van der Waals surface area contributed by atoms with Gasteiger partial charge in [-0.25, -0.2) is 4.79 Å². The number of aryl methyl sites for hydroxylation is 1. The number of carbonyl (C=O) groups excluding carboxylic acids is 9. The number of nitrogens with one attached hydrogen (secondary N) is 2. The van der Waals surface area contributed by atoms with Crippen LogP contribution in [0.3, 0.4) is 0 Å². The SMILES string of the molecule is CCC(C)(C)C(=O)C(=O)N1CCCC[C@H]1C(=O)O[C@H](CCc1ccc(OC)c(OC)c1)c1cccc(OCC(=O)Nc2ccc(N=Nc3ccc(CC(=O)COc4cccc5c4C(=O)N(C4CCC(=O)NC4=O)C5=O)cc3)cc2)c1. The van der Waals surface area contributed by atoms with Crippen LogP contribution in [0, 0.1) is 5.41 Å². The van der Waals surface area contributed by atoms with Crippen molar-refractivity contribution in [3.05, 3.63) is 137 Å². The number of rotatable bonds is 23. The van der Waals surface area contributed by atoms with E-state index in [4.69, 9.17) is 23.7 Å². The second-order valence-electron chi connectivity index (χ2n) is 20.2. The Morgan fingerprint density at radius 1 is 0.750 bits per heavy atom. The number of anilines is 1. The molecular formula is C60H62N6O14. The zero-order chi connectivity index (χ0) is 57.1. The summed E-state index contributed by atoms with van der Waals surface area (Å²) < 4.78 is 28.9. The predicted molar refractivity (Wildman–Crippen MR) is 290 cm³/mol. The summed E-state index contributed by atoms with van der Waals surface area (Å²) in [6, 6.07) is 28.3. The number of amides is 6. The van der Waals surface area contributed by atoms with Gasteiger partial charge in [0.2, 0.25) is 17.6 Å². The molecule has 20 heteroatoms. The Kier molecular flexibility index (Phi) is 18.3. The molecule has 2 N–H and O–H groups in total. The molecule has 5 aromatic carbocycles. The van der Waals surface area contributed by atoms with Gasteiger partial charge < -0.3 is 33.9 Å². The van der Waals surface area contributed by atoms with Crippen molar-refractivity contribution in [2.45, 2.75) is 96.7 Å². The average Bonchev–Trinajstić information content (AvgIpc) is 3.73. The van der Waals surface area contributed by atoms with Gasteiger partial charge in [-0.05, 0) is 134 Å². The molecule has 3 aliphatic heterocycles. The van der Waals surface area contributed by atoms with Crippen molar-refractivity contribution in [2.24, 2.45) is 15.6 Å². The van der Waals surface area contributed by atoms with Gasteiger partial charge in [-0.2, -0.15) is 10.2 Å². The molecule has 20 nitrogen and oxygen atoms in total. The first-order valence-corrected chi connectivity index (χ1v) is 26.4. The van der Waals surface area contributed by atoms with E-state index in [1.165, 1.54) is 23.1 Å². The third-order valence-electron chi connectivity index (χ3n) is 14.3. The van der Waals surface area contributed by atoms with Crippen LogP contribution in [0.5, 0.6) is 23.0 Å². The van der Waals surface area contributed by atoms with Gasteiger partial charge >= 0.3 is 5.97 Å². The fourth-order valence-corrected chi connectivity index (χ4v) is 9.45. The molecule has 80 heavy (non-hydrogen) atoms. The molecule has 0 bridgehead atoms. The lowest BCUT2D eigenvalue weighted by Crippen LogP contribution is -2.54. The van der Waals surface area contributed by atoms with Gasteiger partial charge in [-0.1, -0.05) is 57.2 Å². The molecule has 2 fully saturated rings. The number of fused-ring (bicyclic) bond motifs is 1. The number of benzene rings is 5. The summed E-state index contributed by atoms with van der Waals surface area (Å²) in [6.45, 7) is 4.82. The van der Waals surface area contributed by atoms with E-state index in [9.17, 15) is 43.2 Å². The number of esters is 1. The molecule has 3 aliphatic rings. The van der Waals surface area contributed by atoms with Crippen LogP contribution in [0.4, 0.5) is 17.1 Å². The van der Waals surface area contributed by atoms with E-state index in [-0.39, 0.29) is 55.1 Å². The van der Waals surface area contributed by atoms with Crippen LogP contribution in [-0.4, -0.2) is 109 Å². The second-order valence-corrected chi connectivity index (χ2v) is 20.2. The van der Waals surface area contributed by atoms with Crippen molar-refractivity contribution in [2.75, 3.05) is 39.3 Å². The average molecular weight is 1090 g/mol. The number of hydrogen-bond acceptors (Lipinski definition) is 16. The molecule has 416 valence electrons. The lowest BCUT2D eigenvalue weighted by molar-refractivity contribution is -0.164. The van der Waals surface area contributed by atoms with Gasteiger partial charge in [0.25, 0.3) is 23.6 Å². The van der Waals surface area contributed by atoms with Crippen LogP contribution < -0.4 is 29.6 Å². The Labute approximate surface area is 462 Å². The van der Waals surface area contributed by atoms with Crippen LogP contribution >= 0.6 is 0 Å². The van der Waals surface area contributed by atoms with Crippen molar-refractivity contribution in [1.29, 1.82) is 0 Å². The highest BCUT2D eigenvalue weighted by molar-refractivity contribution is 6.38. The van der Waals surface area contributed by atoms with Gasteiger partial charge in [0.05, 0.1) is 36.7 Å². The van der Waals surface area contributed by atoms with Crippen molar-refractivity contribution < 1.29 is 66.8 Å². The quantitative estimate of drug-likeness (QED) is 0.0270. The molecule has 0 spiro atoms. The highest BCUT2D eigenvalue weighted by atomic mass is 16.5. The van der Waals surface area contributed by atoms with Crippen LogP contribution in [0.15, 0.2) is 119 Å². The van der Waals surface area contributed by atoms with Crippen LogP contribution in [0.1, 0.15) is 109 Å². The normalized spacial score (nSPS) is 16.6. The number of methoxy groups -OCH3 is 2. The minimum absolute atomic E-state index is 0.000692. The van der Waals surface area contributed by atoms with Crippen molar-refractivity contribution in [3.8, 4) is 23.0 Å². The lowest BCUT2D eigenvalue weighted by atomic mass is 9.84. The minimum atomic E-state index is -1.13. The molecule has 0 aromatic heterocycles. The van der Waals surface area contributed by atoms with E-state index in [0.29, 0.717) is 84.0 Å². The maximum Gasteiger partial charge on any atom is 0.329 e. The van der Waals surface area contributed by atoms with E-state index in [2.05, 4.69) is 20.9 Å². The Morgan fingerprint density at radius 2 is 1.45 bits per heavy atom. The maximum atomic E-state index is 14.1. The number of Topliss-reactive ketones (excluding diaryl/α,β-unsaturated/α-hetero) is 2. The number of imide groups is 2. The van der Waals surface area contributed by atoms with Gasteiger partial charge in [0.15, 0.2) is 23.9 Å². The zero-order valence-electron chi connectivity index (χ0n) is 45.1. The fraction of sp³-hybridized carbons (Fsp3) is 0.350. The second kappa shape index (κ2) is 25.6. The molecule has 3 atom stereocenters. The minimum Gasteiger partial charge on any atom is -0.493 e. The highest BCUT2D eigenvalue weighted by Gasteiger charge is 2.46. The van der Waals surface area contributed by atoms with Crippen molar-refractivity contribution in [1.82, 2.24) is 15.1 Å². The van der Waals surface area contributed by atoms with E-state index in [1.54, 1.807) is 107 Å². The number of azo groups is 1. The standard InChI is InChI=1S/C60H62N6O14/c1-6-60(2,3)54(70)58(74)65-30-8-7-14-46(65)59(75)80-47(27-18-37-19-28-48(76-4)50(32-37)77-5)38-11-9-12-43(33-38)78-35-52(69)61-39-22-24-41(25-23-39)64-63-40-20-16-36(17-21-40)31-42(67)34-79-49-15-10-13-44-53(49)57(73)66(56(44)72)45-26-29-51(68)62-55(45)71/h9-13,15-17,19-25,28,32-33,45-47H,6-8,14,18,26-27,29-31,34-35H2,1-5H3,(H,61,69)(H,62,68,71)/t45?,46-,47+/m0/s1. The largest absolute Gasteiger partial charge is 0.493 e. The first kappa shape index (κ1) is 57.1. The van der Waals surface area contributed by atoms with Gasteiger partial charge in [-0.3, -0.25) is 48.6 Å². The highest BCUT2D eigenvalue weighted by Crippen LogP contribution is 2.36. The van der Waals surface area contributed by atoms with Crippen molar-refractivity contribution in [3.63, 3.8) is 0 Å². The molecule has 2 saturated heterocycles. The number of likely N-dealkylation sites (tertiary alicyclic amines) is 1. The Hall–Kier alpha value is -9.07. The van der Waals surface area contributed by atoms with Crippen LogP contribution in [0.2, 0.25) is 0 Å². The smallest absolute Gasteiger partial charge is 0.329 e. The van der Waals surface area contributed by atoms with Gasteiger partial charge in [-0.15, -0.1) is 0 Å². The number of nitrogens with zero attached hydrogens (tertiary/aromatic N) is 4. The van der Waals surface area contributed by atoms with Crippen LogP contribution in [0.25, 0.3) is 0 Å². The summed E-state index contributed by atoms with van der Waals surface area (Å²) in [5.41, 5.74) is 2.76. The van der Waals surface area contributed by atoms with E-state index in [0.717, 1.165) is 10.5 Å². The van der Waals surface area contributed by atoms with Gasteiger partial charge in [0, 0.05) is 30.5 Å². The third-order valence-corrected chi connectivity index (χ3v) is 14.3. The summed E-state index contributed by atoms with van der Waals surface area (Å²) in [7, 11) is 3.10. The van der Waals surface area contributed by atoms with E-state index < -0.39 is 77.4 Å². The molecule has 1 unspecified atom stereocenters. The molecule has 5 aromatic rings. The molecular weight excluding hydrogens is 1030 g/mol. The summed E-state index contributed by atoms with van der Waals surface area (Å²) in [4.78, 5) is 120. The summed E-state index contributed by atoms with van der Waals surface area (Å²) in [6.07, 6.45) is 2.17. The fourth-order valence-electron chi connectivity index (χ4n) is 9.45. The first-order chi connectivity index (χ1) is 38.5. The number of carbonyl (C=O) groups is 9. The summed E-state index contributed by atoms with van der Waals surface area (Å²) in [5.74, 6) is -3.72. The number of hydrogen-bond donors (Lipinski definition) is 2. The van der Waals surface area contributed by atoms with Crippen molar-refractivity contribution >= 4 is 70.0 Å². The Morgan fingerprint density at radius 3 is 2.15 bits per heavy atom. The van der Waals surface area contributed by atoms with Gasteiger partial charge in [0.1, 0.15) is 36.3 Å². The molecule has 8 rings (SSSR count). The monoisotopic (exact) mass is 1090 g/mol. The predicted octanol–water partition coefficient (Wildman–Crippen LogP) is 8.33. The maximum absolute atomic E-state index is 14.1. The first-order valence-electron chi connectivity index (χ1n) is 26.4. The topological polar surface area (TPSA) is 255 Å². The molecule has 6 amide bonds. The molecule has 0 saturated carbocycles. The molecule has 0 radical (unpaired) electrons. The van der Waals surface area contributed by atoms with Crippen LogP contribution in [-0.2, 0) is 51.1 Å². The lowest BCUT2D eigenvalue weighted by Gasteiger charge is -2.36. The molecule has 3 heterocycles. The Bertz CT molecular complexity index is 3230. The number of ketones is 2. The number of ether oxygens (including phenoxy) is 5. The molecule has 0 aliphatic carbocycles. The third kappa shape index (κ3) is 13.6. The number of piperidine rings is 2. The Balaban J connectivity index is 0.833.